The molecule has 3 fully saturated rings. The van der Waals surface area contributed by atoms with E-state index in [1.54, 1.807) is 0 Å². The lowest BCUT2D eigenvalue weighted by Gasteiger charge is -2.36. The van der Waals surface area contributed by atoms with Crippen molar-refractivity contribution >= 4 is 17.8 Å². The second-order valence-electron chi connectivity index (χ2n) is 8.77. The van der Waals surface area contributed by atoms with Crippen LogP contribution in [0, 0.1) is 12.8 Å². The Morgan fingerprint density at radius 1 is 1.18 bits per heavy atom. The number of nitrogens with zero attached hydrogens (tertiary/aromatic N) is 5. The number of aryl methyl sites for hydroxylation is 1. The highest BCUT2D eigenvalue weighted by Gasteiger charge is 2.56. The third kappa shape index (κ3) is 3.45. The molecule has 0 spiro atoms. The average Bonchev–Trinajstić information content (AvgIpc) is 3.48. The van der Waals surface area contributed by atoms with E-state index in [1.165, 1.54) is 4.90 Å². The quantitative estimate of drug-likeness (QED) is 0.776. The third-order valence-corrected chi connectivity index (χ3v) is 6.11. The van der Waals surface area contributed by atoms with Crippen LogP contribution in [0.15, 0.2) is 6.07 Å². The topological polar surface area (TPSA) is 81.7 Å². The molecule has 1 N–H and O–H groups in total. The summed E-state index contributed by atoms with van der Waals surface area (Å²) in [6, 6.07) is 1.77. The highest BCUT2D eigenvalue weighted by atomic mass is 16.2. The first-order valence-electron chi connectivity index (χ1n) is 10.2. The molecule has 28 heavy (non-hydrogen) atoms. The van der Waals surface area contributed by atoms with Gasteiger partial charge in [-0.1, -0.05) is 13.8 Å². The Balaban J connectivity index is 1.37. The van der Waals surface area contributed by atoms with Crippen LogP contribution < -0.4 is 10.2 Å². The summed E-state index contributed by atoms with van der Waals surface area (Å²) in [5.74, 6) is 2.35. The van der Waals surface area contributed by atoms with Crippen LogP contribution in [-0.2, 0) is 4.79 Å². The highest BCUT2D eigenvalue weighted by molar-refractivity contribution is 6.07. The largest absolute Gasteiger partial charge is 0.354 e. The van der Waals surface area contributed by atoms with E-state index in [0.29, 0.717) is 18.5 Å². The molecule has 1 saturated carbocycles. The van der Waals surface area contributed by atoms with Gasteiger partial charge in [0, 0.05) is 43.9 Å². The van der Waals surface area contributed by atoms with Crippen molar-refractivity contribution in [1.82, 2.24) is 25.1 Å². The lowest BCUT2D eigenvalue weighted by molar-refractivity contribution is -0.133. The van der Waals surface area contributed by atoms with Crippen molar-refractivity contribution in [2.45, 2.75) is 52.0 Å². The molecule has 2 saturated heterocycles. The fourth-order valence-electron chi connectivity index (χ4n) is 4.09. The van der Waals surface area contributed by atoms with E-state index in [9.17, 15) is 9.59 Å². The molecule has 0 radical (unpaired) electrons. The maximum Gasteiger partial charge on any atom is 0.326 e. The first kappa shape index (κ1) is 19.1. The van der Waals surface area contributed by atoms with Gasteiger partial charge in [-0.15, -0.1) is 0 Å². The number of imide groups is 1. The predicted octanol–water partition coefficient (Wildman–Crippen LogP) is 1.71. The van der Waals surface area contributed by atoms with Gasteiger partial charge in [-0.3, -0.25) is 9.69 Å². The summed E-state index contributed by atoms with van der Waals surface area (Å²) < 4.78 is 0. The molecule has 0 bridgehead atoms. The van der Waals surface area contributed by atoms with Crippen LogP contribution in [0.4, 0.5) is 10.6 Å². The number of hydrogen-bond acceptors (Lipinski definition) is 6. The summed E-state index contributed by atoms with van der Waals surface area (Å²) in [6.07, 6.45) is 2.04. The van der Waals surface area contributed by atoms with Crippen LogP contribution in [-0.4, -0.2) is 70.1 Å². The third-order valence-electron chi connectivity index (χ3n) is 6.11. The van der Waals surface area contributed by atoms with Crippen LogP contribution in [0.1, 0.15) is 51.0 Å². The summed E-state index contributed by atoms with van der Waals surface area (Å²) in [6.45, 7) is 11.6. The normalized spacial score (nSPS) is 26.3. The number of aromatic nitrogens is 2. The SMILES string of the molecule is Cc1cc(N2CCN(CN3C(=O)N[C@](C)(C4CC4)C3=O)CC2)nc(C(C)C)n1. The van der Waals surface area contributed by atoms with Crippen molar-refractivity contribution in [2.24, 2.45) is 5.92 Å². The number of anilines is 1. The molecule has 1 atom stereocenters. The molecule has 1 aliphatic carbocycles. The van der Waals surface area contributed by atoms with Crippen molar-refractivity contribution in [2.75, 3.05) is 37.7 Å². The maximum atomic E-state index is 12.8. The molecule has 1 aromatic heterocycles. The van der Waals surface area contributed by atoms with Gasteiger partial charge in [0.2, 0.25) is 0 Å². The second kappa shape index (κ2) is 6.99. The van der Waals surface area contributed by atoms with E-state index in [4.69, 9.17) is 4.98 Å². The maximum absolute atomic E-state index is 12.8. The molecular formula is C20H30N6O2. The number of hydrogen-bond donors (Lipinski definition) is 1. The van der Waals surface area contributed by atoms with Gasteiger partial charge >= 0.3 is 6.03 Å². The van der Waals surface area contributed by atoms with Crippen LogP contribution in [0.2, 0.25) is 0 Å². The van der Waals surface area contributed by atoms with Gasteiger partial charge in [0.25, 0.3) is 5.91 Å². The molecule has 4 rings (SSSR count). The van der Waals surface area contributed by atoms with Gasteiger partial charge in [0.15, 0.2) is 0 Å². The van der Waals surface area contributed by atoms with E-state index in [1.807, 2.05) is 19.9 Å². The standard InChI is InChI=1S/C20H30N6O2/c1-13(2)17-21-14(3)11-16(22-17)25-9-7-24(8-10-25)12-26-18(27)20(4,15-5-6-15)23-19(26)28/h11,13,15H,5-10,12H2,1-4H3,(H,23,28)/t20-/m1/s1. The van der Waals surface area contributed by atoms with Crippen molar-refractivity contribution in [3.05, 3.63) is 17.6 Å². The molecule has 3 aliphatic rings. The van der Waals surface area contributed by atoms with Crippen molar-refractivity contribution in [3.8, 4) is 0 Å². The van der Waals surface area contributed by atoms with Crippen LogP contribution in [0.5, 0.6) is 0 Å². The van der Waals surface area contributed by atoms with Crippen molar-refractivity contribution < 1.29 is 9.59 Å². The minimum absolute atomic E-state index is 0.0737. The molecule has 3 amide bonds. The number of rotatable bonds is 5. The number of amides is 3. The molecule has 8 heteroatoms. The number of carbonyl (C=O) groups excluding carboxylic acids is 2. The van der Waals surface area contributed by atoms with E-state index >= 15 is 0 Å². The first-order chi connectivity index (χ1) is 13.3. The Labute approximate surface area is 166 Å². The van der Waals surface area contributed by atoms with Gasteiger partial charge in [0.05, 0.1) is 6.67 Å². The van der Waals surface area contributed by atoms with E-state index in [-0.39, 0.29) is 11.9 Å². The molecule has 1 aromatic rings. The number of piperazine rings is 1. The summed E-state index contributed by atoms with van der Waals surface area (Å²) in [5, 5.41) is 2.92. The zero-order valence-corrected chi connectivity index (χ0v) is 17.2. The molecular weight excluding hydrogens is 356 g/mol. The highest BCUT2D eigenvalue weighted by Crippen LogP contribution is 2.42. The van der Waals surface area contributed by atoms with E-state index in [0.717, 1.165) is 56.4 Å². The summed E-state index contributed by atoms with van der Waals surface area (Å²) in [7, 11) is 0. The summed E-state index contributed by atoms with van der Waals surface area (Å²) in [4.78, 5) is 40.2. The molecule has 3 heterocycles. The zero-order valence-electron chi connectivity index (χ0n) is 17.2. The first-order valence-corrected chi connectivity index (χ1v) is 10.2. The van der Waals surface area contributed by atoms with Crippen molar-refractivity contribution in [3.63, 3.8) is 0 Å². The molecule has 0 unspecified atom stereocenters. The van der Waals surface area contributed by atoms with Gasteiger partial charge in [-0.25, -0.2) is 19.7 Å². The minimum atomic E-state index is -0.704. The van der Waals surface area contributed by atoms with Crippen LogP contribution in [0.25, 0.3) is 0 Å². The Bertz CT molecular complexity index is 785. The number of nitrogens with one attached hydrogen (secondary N) is 1. The summed E-state index contributed by atoms with van der Waals surface area (Å²) in [5.41, 5.74) is 0.278. The molecule has 0 aromatic carbocycles. The smallest absolute Gasteiger partial charge is 0.326 e. The van der Waals surface area contributed by atoms with Gasteiger partial charge < -0.3 is 10.2 Å². The van der Waals surface area contributed by atoms with E-state index in [2.05, 4.69) is 33.9 Å². The average molecular weight is 387 g/mol. The zero-order chi connectivity index (χ0) is 20.1. The lowest BCUT2D eigenvalue weighted by atomic mass is 9.96. The fraction of sp³-hybridized carbons (Fsp3) is 0.700. The fourth-order valence-corrected chi connectivity index (χ4v) is 4.09. The second-order valence-corrected chi connectivity index (χ2v) is 8.77. The van der Waals surface area contributed by atoms with Crippen LogP contribution in [0.3, 0.4) is 0 Å². The summed E-state index contributed by atoms with van der Waals surface area (Å²) >= 11 is 0. The number of urea groups is 1. The Kier molecular flexibility index (Phi) is 4.77. The Morgan fingerprint density at radius 2 is 1.86 bits per heavy atom. The Hall–Kier alpha value is -2.22. The van der Waals surface area contributed by atoms with E-state index < -0.39 is 5.54 Å². The molecule has 152 valence electrons. The Morgan fingerprint density at radius 3 is 2.46 bits per heavy atom. The van der Waals surface area contributed by atoms with Crippen molar-refractivity contribution in [1.29, 1.82) is 0 Å². The van der Waals surface area contributed by atoms with Gasteiger partial charge in [-0.2, -0.15) is 0 Å². The van der Waals surface area contributed by atoms with Gasteiger partial charge in [0.1, 0.15) is 17.2 Å². The monoisotopic (exact) mass is 386 g/mol. The number of carbonyl (C=O) groups is 2. The molecule has 2 aliphatic heterocycles. The lowest BCUT2D eigenvalue weighted by Crippen LogP contribution is -2.52. The van der Waals surface area contributed by atoms with Crippen LogP contribution >= 0.6 is 0 Å². The minimum Gasteiger partial charge on any atom is -0.354 e. The predicted molar refractivity (Wildman–Crippen MR) is 106 cm³/mol. The van der Waals surface area contributed by atoms with Gasteiger partial charge in [-0.05, 0) is 32.6 Å². The molecule has 8 nitrogen and oxygen atoms in total.